The number of likely N-dealkylation sites (tertiary alicyclic amines) is 1. The van der Waals surface area contributed by atoms with Crippen LogP contribution in [0.5, 0.6) is 5.75 Å². The minimum Gasteiger partial charge on any atom is -0.496 e. The van der Waals surface area contributed by atoms with Gasteiger partial charge in [0.15, 0.2) is 5.96 Å². The van der Waals surface area contributed by atoms with Gasteiger partial charge < -0.3 is 20.3 Å². The Hall–Kier alpha value is -1.09. The van der Waals surface area contributed by atoms with Gasteiger partial charge >= 0.3 is 0 Å². The molecule has 7 heteroatoms. The van der Waals surface area contributed by atoms with Gasteiger partial charge in [0, 0.05) is 43.0 Å². The SMILES string of the molecule is CCCN1CCC(NC(=NCc2ncc(C)c(OC)c2C)NCC)CC1.I. The summed E-state index contributed by atoms with van der Waals surface area (Å²) in [5.41, 5.74) is 3.09. The average molecular weight is 489 g/mol. The number of hydrogen-bond donors (Lipinski definition) is 2. The highest BCUT2D eigenvalue weighted by atomic mass is 127. The second kappa shape index (κ2) is 12.4. The van der Waals surface area contributed by atoms with Gasteiger partial charge in [0.05, 0.1) is 19.3 Å². The van der Waals surface area contributed by atoms with E-state index in [9.17, 15) is 0 Å². The zero-order valence-corrected chi connectivity index (χ0v) is 19.8. The molecule has 2 N–H and O–H groups in total. The van der Waals surface area contributed by atoms with E-state index >= 15 is 0 Å². The van der Waals surface area contributed by atoms with Crippen molar-refractivity contribution in [2.75, 3.05) is 33.3 Å². The van der Waals surface area contributed by atoms with Gasteiger partial charge in [0.2, 0.25) is 0 Å². The quantitative estimate of drug-likeness (QED) is 0.350. The number of aromatic nitrogens is 1. The van der Waals surface area contributed by atoms with Crippen molar-refractivity contribution in [1.82, 2.24) is 20.5 Å². The molecule has 1 fully saturated rings. The summed E-state index contributed by atoms with van der Waals surface area (Å²) in [5.74, 6) is 1.79. The molecule has 154 valence electrons. The first-order valence-corrected chi connectivity index (χ1v) is 9.85. The molecule has 2 rings (SSSR count). The van der Waals surface area contributed by atoms with E-state index in [-0.39, 0.29) is 24.0 Å². The predicted molar refractivity (Wildman–Crippen MR) is 123 cm³/mol. The summed E-state index contributed by atoms with van der Waals surface area (Å²) in [5, 5.41) is 6.96. The highest BCUT2D eigenvalue weighted by Crippen LogP contribution is 2.24. The first-order chi connectivity index (χ1) is 12.6. The van der Waals surface area contributed by atoms with Crippen LogP contribution in [-0.2, 0) is 6.54 Å². The molecule has 0 saturated carbocycles. The summed E-state index contributed by atoms with van der Waals surface area (Å²) < 4.78 is 5.50. The molecule has 6 nitrogen and oxygen atoms in total. The molecule has 2 heterocycles. The molecule has 1 aromatic rings. The van der Waals surface area contributed by atoms with Crippen molar-refractivity contribution in [3.63, 3.8) is 0 Å². The number of piperidine rings is 1. The number of nitrogens with zero attached hydrogens (tertiary/aromatic N) is 3. The number of rotatable bonds is 7. The van der Waals surface area contributed by atoms with Gasteiger partial charge in [-0.2, -0.15) is 0 Å². The molecular formula is C20H36IN5O. The lowest BCUT2D eigenvalue weighted by atomic mass is 10.1. The molecule has 0 radical (unpaired) electrons. The Labute approximate surface area is 181 Å². The Morgan fingerprint density at radius 1 is 1.30 bits per heavy atom. The van der Waals surface area contributed by atoms with Crippen molar-refractivity contribution >= 4 is 29.9 Å². The second-order valence-electron chi connectivity index (χ2n) is 7.00. The molecule has 0 amide bonds. The summed E-state index contributed by atoms with van der Waals surface area (Å²) in [4.78, 5) is 11.9. The van der Waals surface area contributed by atoms with E-state index in [1.807, 2.05) is 20.0 Å². The normalized spacial score (nSPS) is 16.0. The van der Waals surface area contributed by atoms with Crippen LogP contribution in [0.15, 0.2) is 11.2 Å². The summed E-state index contributed by atoms with van der Waals surface area (Å²) in [6.07, 6.45) is 5.43. The molecular weight excluding hydrogens is 453 g/mol. The third-order valence-electron chi connectivity index (χ3n) is 4.95. The van der Waals surface area contributed by atoms with Gasteiger partial charge in [-0.1, -0.05) is 6.92 Å². The van der Waals surface area contributed by atoms with Gasteiger partial charge in [0.25, 0.3) is 0 Å². The van der Waals surface area contributed by atoms with Crippen LogP contribution in [0.4, 0.5) is 0 Å². The van der Waals surface area contributed by atoms with Crippen molar-refractivity contribution in [3.8, 4) is 5.75 Å². The van der Waals surface area contributed by atoms with Crippen molar-refractivity contribution < 1.29 is 4.74 Å². The van der Waals surface area contributed by atoms with Gasteiger partial charge in [-0.15, -0.1) is 24.0 Å². The van der Waals surface area contributed by atoms with Crippen molar-refractivity contribution in [2.45, 2.75) is 59.5 Å². The van der Waals surface area contributed by atoms with Crippen LogP contribution < -0.4 is 15.4 Å². The van der Waals surface area contributed by atoms with E-state index in [0.717, 1.165) is 35.1 Å². The lowest BCUT2D eigenvalue weighted by Gasteiger charge is -2.32. The maximum atomic E-state index is 5.50. The molecule has 27 heavy (non-hydrogen) atoms. The largest absolute Gasteiger partial charge is 0.496 e. The maximum absolute atomic E-state index is 5.50. The number of pyridine rings is 1. The Morgan fingerprint density at radius 3 is 2.59 bits per heavy atom. The standard InChI is InChI=1S/C20H35N5O.HI/c1-6-10-25-11-8-17(9-12-25)24-20(21-7-2)23-14-18-16(4)19(26-5)15(3)13-22-18;/h13,17H,6-12,14H2,1-5H3,(H2,21,23,24);1H. The Balaban J connectivity index is 0.00000364. The first kappa shape index (κ1) is 23.9. The summed E-state index contributed by atoms with van der Waals surface area (Å²) in [6, 6.07) is 0.488. The number of guanidine groups is 1. The smallest absolute Gasteiger partial charge is 0.191 e. The van der Waals surface area contributed by atoms with Crippen LogP contribution in [-0.4, -0.2) is 55.2 Å². The molecule has 0 spiro atoms. The highest BCUT2D eigenvalue weighted by molar-refractivity contribution is 14.0. The minimum atomic E-state index is 0. The van der Waals surface area contributed by atoms with Crippen LogP contribution in [0.3, 0.4) is 0 Å². The predicted octanol–water partition coefficient (Wildman–Crippen LogP) is 3.25. The molecule has 0 unspecified atom stereocenters. The zero-order valence-electron chi connectivity index (χ0n) is 17.5. The fourth-order valence-corrected chi connectivity index (χ4v) is 3.51. The molecule has 1 aliphatic rings. The Morgan fingerprint density at radius 2 is 2.00 bits per heavy atom. The molecule has 1 aliphatic heterocycles. The molecule has 0 aliphatic carbocycles. The number of methoxy groups -OCH3 is 1. The van der Waals surface area contributed by atoms with Crippen molar-refractivity contribution in [3.05, 3.63) is 23.0 Å². The van der Waals surface area contributed by atoms with Crippen molar-refractivity contribution in [1.29, 1.82) is 0 Å². The van der Waals surface area contributed by atoms with E-state index in [1.54, 1.807) is 7.11 Å². The highest BCUT2D eigenvalue weighted by Gasteiger charge is 2.19. The Kier molecular flexibility index (Phi) is 11.0. The van der Waals surface area contributed by atoms with Crippen molar-refractivity contribution in [2.24, 2.45) is 4.99 Å². The third kappa shape index (κ3) is 7.10. The van der Waals surface area contributed by atoms with E-state index in [0.29, 0.717) is 12.6 Å². The second-order valence-corrected chi connectivity index (χ2v) is 7.00. The molecule has 0 aromatic carbocycles. The number of aryl methyl sites for hydroxylation is 1. The van der Waals surface area contributed by atoms with E-state index in [2.05, 4.69) is 34.4 Å². The zero-order chi connectivity index (χ0) is 18.9. The third-order valence-corrected chi connectivity index (χ3v) is 4.95. The molecule has 1 saturated heterocycles. The van der Waals surface area contributed by atoms with Gasteiger partial charge in [-0.25, -0.2) is 4.99 Å². The number of halogens is 1. The van der Waals surface area contributed by atoms with E-state index < -0.39 is 0 Å². The van der Waals surface area contributed by atoms with Crippen LogP contribution in [0.1, 0.15) is 49.9 Å². The summed E-state index contributed by atoms with van der Waals surface area (Å²) in [7, 11) is 1.71. The fourth-order valence-electron chi connectivity index (χ4n) is 3.51. The number of ether oxygens (including phenoxy) is 1. The lowest BCUT2D eigenvalue weighted by Crippen LogP contribution is -2.48. The molecule has 1 aromatic heterocycles. The number of nitrogens with one attached hydrogen (secondary N) is 2. The van der Waals surface area contributed by atoms with Crippen LogP contribution >= 0.6 is 24.0 Å². The number of aliphatic imine (C=N–C) groups is 1. The number of hydrogen-bond acceptors (Lipinski definition) is 4. The maximum Gasteiger partial charge on any atom is 0.191 e. The summed E-state index contributed by atoms with van der Waals surface area (Å²) >= 11 is 0. The fraction of sp³-hybridized carbons (Fsp3) is 0.700. The van der Waals surface area contributed by atoms with Gasteiger partial charge in [-0.05, 0) is 46.6 Å². The Bertz CT molecular complexity index is 600. The van der Waals surface area contributed by atoms with Gasteiger partial charge in [0.1, 0.15) is 5.75 Å². The monoisotopic (exact) mass is 489 g/mol. The van der Waals surface area contributed by atoms with Gasteiger partial charge in [-0.3, -0.25) is 4.98 Å². The first-order valence-electron chi connectivity index (χ1n) is 9.85. The van der Waals surface area contributed by atoms with Crippen LogP contribution in [0.2, 0.25) is 0 Å². The lowest BCUT2D eigenvalue weighted by molar-refractivity contribution is 0.206. The van der Waals surface area contributed by atoms with Crippen LogP contribution in [0, 0.1) is 13.8 Å². The molecule has 0 atom stereocenters. The minimum absolute atomic E-state index is 0. The average Bonchev–Trinajstić information content (AvgIpc) is 2.63. The molecule has 0 bridgehead atoms. The summed E-state index contributed by atoms with van der Waals surface area (Å²) in [6.45, 7) is 13.4. The van der Waals surface area contributed by atoms with E-state index in [4.69, 9.17) is 9.73 Å². The van der Waals surface area contributed by atoms with Crippen LogP contribution in [0.25, 0.3) is 0 Å². The topological polar surface area (TPSA) is 61.8 Å². The van der Waals surface area contributed by atoms with E-state index in [1.165, 1.54) is 38.9 Å².